The molecule has 2 atom stereocenters. The normalized spacial score (nSPS) is 19.1. The highest BCUT2D eigenvalue weighted by molar-refractivity contribution is 6.00. The quantitative estimate of drug-likeness (QED) is 0.877. The fourth-order valence-electron chi connectivity index (χ4n) is 2.64. The molecule has 0 aliphatic carbocycles. The van der Waals surface area contributed by atoms with Gasteiger partial charge in [-0.25, -0.2) is 0 Å². The lowest BCUT2D eigenvalue weighted by Crippen LogP contribution is -2.40. The van der Waals surface area contributed by atoms with Crippen LogP contribution in [0.25, 0.3) is 0 Å². The van der Waals surface area contributed by atoms with Gasteiger partial charge in [-0.05, 0) is 43.9 Å². The van der Waals surface area contributed by atoms with Crippen LogP contribution in [0.1, 0.15) is 43.1 Å². The van der Waals surface area contributed by atoms with E-state index in [1.807, 2.05) is 19.1 Å². The Kier molecular flexibility index (Phi) is 5.29. The Morgan fingerprint density at radius 2 is 2.00 bits per heavy atom. The summed E-state index contributed by atoms with van der Waals surface area (Å²) < 4.78 is 0. The number of hydrogen-bond donors (Lipinski definition) is 2. The zero-order valence-corrected chi connectivity index (χ0v) is 14.6. The minimum absolute atomic E-state index is 0.0151. The zero-order valence-electron chi connectivity index (χ0n) is 14.6. The maximum Gasteiger partial charge on any atom is 0.252 e. The Hall–Kier alpha value is -2.04. The van der Waals surface area contributed by atoms with Crippen LogP contribution in [0.4, 0.5) is 5.69 Å². The average molecular weight is 317 g/mol. The standard InChI is InChI=1S/C18H27N3O2/c1-11(2)13(4)19-15-8-6-7-14(12(15)3)17(22)20-16-9-10-21(5)18(16)23/h6-8,11,13,16,19H,9-10H2,1-5H3,(H,20,22)/t13-,16+/m0/s1. The first-order valence-corrected chi connectivity index (χ1v) is 8.23. The summed E-state index contributed by atoms with van der Waals surface area (Å²) in [7, 11) is 1.76. The highest BCUT2D eigenvalue weighted by atomic mass is 16.2. The molecule has 0 unspecified atom stereocenters. The van der Waals surface area contributed by atoms with E-state index in [1.165, 1.54) is 0 Å². The van der Waals surface area contributed by atoms with Crippen LogP contribution in [0.2, 0.25) is 0 Å². The fraction of sp³-hybridized carbons (Fsp3) is 0.556. The smallest absolute Gasteiger partial charge is 0.252 e. The lowest BCUT2D eigenvalue weighted by Gasteiger charge is -2.21. The van der Waals surface area contributed by atoms with Gasteiger partial charge in [0.1, 0.15) is 6.04 Å². The van der Waals surface area contributed by atoms with E-state index in [2.05, 4.69) is 31.4 Å². The second-order valence-corrected chi connectivity index (χ2v) is 6.73. The third-order valence-electron chi connectivity index (χ3n) is 4.69. The monoisotopic (exact) mass is 317 g/mol. The number of nitrogens with one attached hydrogen (secondary N) is 2. The molecule has 1 aromatic rings. The molecule has 1 aromatic carbocycles. The first-order chi connectivity index (χ1) is 10.8. The first-order valence-electron chi connectivity index (χ1n) is 8.23. The Morgan fingerprint density at radius 3 is 2.57 bits per heavy atom. The van der Waals surface area contributed by atoms with Gasteiger partial charge in [0.15, 0.2) is 0 Å². The van der Waals surface area contributed by atoms with Gasteiger partial charge < -0.3 is 15.5 Å². The van der Waals surface area contributed by atoms with E-state index in [0.29, 0.717) is 30.5 Å². The van der Waals surface area contributed by atoms with Crippen molar-refractivity contribution in [2.75, 3.05) is 18.9 Å². The Balaban J connectivity index is 2.13. The van der Waals surface area contributed by atoms with E-state index in [4.69, 9.17) is 0 Å². The Morgan fingerprint density at radius 1 is 1.30 bits per heavy atom. The molecular formula is C18H27N3O2. The highest BCUT2D eigenvalue weighted by Gasteiger charge is 2.30. The number of likely N-dealkylation sites (tertiary alicyclic amines) is 1. The van der Waals surface area contributed by atoms with Gasteiger partial charge >= 0.3 is 0 Å². The summed E-state index contributed by atoms with van der Waals surface area (Å²) in [6, 6.07) is 5.58. The summed E-state index contributed by atoms with van der Waals surface area (Å²) in [6.45, 7) is 9.07. The Bertz CT molecular complexity index is 598. The molecule has 0 spiro atoms. The minimum atomic E-state index is -0.405. The summed E-state index contributed by atoms with van der Waals surface area (Å²) in [5.74, 6) is 0.300. The van der Waals surface area contributed by atoms with Crippen molar-refractivity contribution in [3.8, 4) is 0 Å². The largest absolute Gasteiger partial charge is 0.382 e. The summed E-state index contributed by atoms with van der Waals surface area (Å²) in [5, 5.41) is 6.32. The number of anilines is 1. The zero-order chi connectivity index (χ0) is 17.1. The topological polar surface area (TPSA) is 61.4 Å². The van der Waals surface area contributed by atoms with Crippen LogP contribution in [0.15, 0.2) is 18.2 Å². The van der Waals surface area contributed by atoms with Crippen LogP contribution in [0, 0.1) is 12.8 Å². The molecule has 2 N–H and O–H groups in total. The van der Waals surface area contributed by atoms with Crippen molar-refractivity contribution in [3.05, 3.63) is 29.3 Å². The van der Waals surface area contributed by atoms with Gasteiger partial charge in [-0.15, -0.1) is 0 Å². The molecule has 126 valence electrons. The maximum atomic E-state index is 12.5. The number of hydrogen-bond acceptors (Lipinski definition) is 3. The number of rotatable bonds is 5. The van der Waals surface area contributed by atoms with Crippen LogP contribution in [0.5, 0.6) is 0 Å². The van der Waals surface area contributed by atoms with Crippen LogP contribution in [0.3, 0.4) is 0 Å². The first kappa shape index (κ1) is 17.3. The molecule has 1 aliphatic rings. The summed E-state index contributed by atoms with van der Waals surface area (Å²) >= 11 is 0. The highest BCUT2D eigenvalue weighted by Crippen LogP contribution is 2.22. The molecule has 0 saturated carbocycles. The van der Waals surface area contributed by atoms with Crippen molar-refractivity contribution in [1.29, 1.82) is 0 Å². The molecule has 0 bridgehead atoms. The van der Waals surface area contributed by atoms with Crippen molar-refractivity contribution in [3.63, 3.8) is 0 Å². The second kappa shape index (κ2) is 7.02. The van der Waals surface area contributed by atoms with E-state index in [9.17, 15) is 9.59 Å². The summed E-state index contributed by atoms with van der Waals surface area (Å²) in [5.41, 5.74) is 2.50. The van der Waals surface area contributed by atoms with E-state index in [1.54, 1.807) is 18.0 Å². The summed E-state index contributed by atoms with van der Waals surface area (Å²) in [6.07, 6.45) is 0.669. The number of benzene rings is 1. The third kappa shape index (κ3) is 3.84. The number of nitrogens with zero attached hydrogens (tertiary/aromatic N) is 1. The van der Waals surface area contributed by atoms with Crippen molar-refractivity contribution in [2.24, 2.45) is 5.92 Å². The predicted octanol–water partition coefficient (Wildman–Crippen LogP) is 2.41. The fourth-order valence-corrected chi connectivity index (χ4v) is 2.64. The SMILES string of the molecule is Cc1c(N[C@@H](C)C(C)C)cccc1C(=O)N[C@@H]1CCN(C)C1=O. The lowest BCUT2D eigenvalue weighted by molar-refractivity contribution is -0.128. The van der Waals surface area contributed by atoms with Crippen LogP contribution >= 0.6 is 0 Å². The third-order valence-corrected chi connectivity index (χ3v) is 4.69. The van der Waals surface area contributed by atoms with Crippen molar-refractivity contribution >= 4 is 17.5 Å². The van der Waals surface area contributed by atoms with E-state index < -0.39 is 6.04 Å². The van der Waals surface area contributed by atoms with Crippen LogP contribution in [-0.4, -0.2) is 42.4 Å². The van der Waals surface area contributed by atoms with Crippen molar-refractivity contribution in [2.45, 2.75) is 46.2 Å². The molecule has 2 rings (SSSR count). The maximum absolute atomic E-state index is 12.5. The number of carbonyl (C=O) groups is 2. The lowest BCUT2D eigenvalue weighted by atomic mass is 10.0. The average Bonchev–Trinajstić information content (AvgIpc) is 2.81. The second-order valence-electron chi connectivity index (χ2n) is 6.73. The van der Waals surface area contributed by atoms with Crippen LogP contribution < -0.4 is 10.6 Å². The van der Waals surface area contributed by atoms with Gasteiger partial charge in [-0.3, -0.25) is 9.59 Å². The van der Waals surface area contributed by atoms with Gasteiger partial charge in [0, 0.05) is 30.9 Å². The molecule has 1 fully saturated rings. The number of likely N-dealkylation sites (N-methyl/N-ethyl adjacent to an activating group) is 1. The molecule has 2 amide bonds. The van der Waals surface area contributed by atoms with Crippen molar-refractivity contribution in [1.82, 2.24) is 10.2 Å². The minimum Gasteiger partial charge on any atom is -0.382 e. The van der Waals surface area contributed by atoms with Gasteiger partial charge in [0.05, 0.1) is 0 Å². The predicted molar refractivity (Wildman–Crippen MR) is 92.6 cm³/mol. The molecule has 0 radical (unpaired) electrons. The van der Waals surface area contributed by atoms with Gasteiger partial charge in [-0.1, -0.05) is 19.9 Å². The molecule has 0 aromatic heterocycles. The number of carbonyl (C=O) groups excluding carboxylic acids is 2. The number of amides is 2. The molecule has 5 heteroatoms. The molecule has 5 nitrogen and oxygen atoms in total. The molecule has 1 saturated heterocycles. The van der Waals surface area contributed by atoms with Gasteiger partial charge in [-0.2, -0.15) is 0 Å². The van der Waals surface area contributed by atoms with E-state index in [-0.39, 0.29) is 11.8 Å². The van der Waals surface area contributed by atoms with Gasteiger partial charge in [0.2, 0.25) is 5.91 Å². The Labute approximate surface area is 138 Å². The van der Waals surface area contributed by atoms with E-state index >= 15 is 0 Å². The molecule has 23 heavy (non-hydrogen) atoms. The molecule has 1 heterocycles. The van der Waals surface area contributed by atoms with Crippen molar-refractivity contribution < 1.29 is 9.59 Å². The molecule has 1 aliphatic heterocycles. The molecular weight excluding hydrogens is 290 g/mol. The van der Waals surface area contributed by atoms with Gasteiger partial charge in [0.25, 0.3) is 5.91 Å². The summed E-state index contributed by atoms with van der Waals surface area (Å²) in [4.78, 5) is 26.1. The van der Waals surface area contributed by atoms with E-state index in [0.717, 1.165) is 11.3 Å². The van der Waals surface area contributed by atoms with Crippen LogP contribution in [-0.2, 0) is 4.79 Å².